The largest absolute Gasteiger partial charge is 0.332 e. The van der Waals surface area contributed by atoms with Crippen LogP contribution in [0.25, 0.3) is 5.69 Å². The van der Waals surface area contributed by atoms with Crippen LogP contribution >= 0.6 is 11.6 Å². The molecule has 1 aromatic heterocycles. The number of aryl methyl sites for hydroxylation is 1. The van der Waals surface area contributed by atoms with E-state index < -0.39 is 23.9 Å². The third-order valence-corrected chi connectivity index (χ3v) is 5.66. The summed E-state index contributed by atoms with van der Waals surface area (Å²) in [5, 5.41) is 7.84. The van der Waals surface area contributed by atoms with Crippen LogP contribution in [-0.4, -0.2) is 45.1 Å². The van der Waals surface area contributed by atoms with Crippen molar-refractivity contribution in [2.75, 3.05) is 16.8 Å². The van der Waals surface area contributed by atoms with E-state index in [4.69, 9.17) is 11.6 Å². The highest BCUT2D eigenvalue weighted by Crippen LogP contribution is 2.27. The summed E-state index contributed by atoms with van der Waals surface area (Å²) in [6, 6.07) is 14.9. The van der Waals surface area contributed by atoms with Crippen LogP contribution in [0.5, 0.6) is 0 Å². The Morgan fingerprint density at radius 1 is 1.03 bits per heavy atom. The molecule has 164 valence electrons. The molecule has 1 saturated heterocycles. The predicted molar refractivity (Wildman–Crippen MR) is 122 cm³/mol. The fraction of sp³-hybridized carbons (Fsp3) is 0.217. The van der Waals surface area contributed by atoms with Gasteiger partial charge in [0.1, 0.15) is 12.6 Å². The molecule has 0 saturated carbocycles. The van der Waals surface area contributed by atoms with Crippen LogP contribution in [0.1, 0.15) is 18.3 Å². The number of carbonyl (C=O) groups is 3. The molecule has 0 radical (unpaired) electrons. The summed E-state index contributed by atoms with van der Waals surface area (Å²) in [6.07, 6.45) is 0. The maximum Gasteiger partial charge on any atom is 0.332 e. The number of hydrogen-bond donors (Lipinski definition) is 1. The average molecular weight is 452 g/mol. The number of hydrogen-bond acceptors (Lipinski definition) is 4. The van der Waals surface area contributed by atoms with Gasteiger partial charge in [-0.15, -0.1) is 0 Å². The van der Waals surface area contributed by atoms with E-state index in [-0.39, 0.29) is 6.54 Å². The molecule has 1 aliphatic heterocycles. The molecular weight excluding hydrogens is 430 g/mol. The molecule has 32 heavy (non-hydrogen) atoms. The molecule has 1 aliphatic rings. The summed E-state index contributed by atoms with van der Waals surface area (Å²) in [4.78, 5) is 40.7. The van der Waals surface area contributed by atoms with E-state index in [2.05, 4.69) is 10.4 Å². The van der Waals surface area contributed by atoms with Gasteiger partial charge in [0.05, 0.1) is 22.8 Å². The summed E-state index contributed by atoms with van der Waals surface area (Å²) < 4.78 is 1.74. The highest BCUT2D eigenvalue weighted by atomic mass is 35.5. The fourth-order valence-electron chi connectivity index (χ4n) is 3.77. The lowest BCUT2D eigenvalue weighted by atomic mass is 10.2. The molecule has 4 rings (SSSR count). The van der Waals surface area contributed by atoms with Crippen molar-refractivity contribution >= 4 is 40.8 Å². The lowest BCUT2D eigenvalue weighted by Gasteiger charge is -2.19. The van der Waals surface area contributed by atoms with Gasteiger partial charge in [-0.2, -0.15) is 5.10 Å². The van der Waals surface area contributed by atoms with E-state index in [1.165, 1.54) is 4.90 Å². The van der Waals surface area contributed by atoms with Gasteiger partial charge in [-0.05, 0) is 57.2 Å². The molecule has 8 nitrogen and oxygen atoms in total. The van der Waals surface area contributed by atoms with Crippen molar-refractivity contribution in [3.8, 4) is 5.69 Å². The van der Waals surface area contributed by atoms with Crippen molar-refractivity contribution in [1.29, 1.82) is 0 Å². The van der Waals surface area contributed by atoms with Gasteiger partial charge in [0, 0.05) is 10.7 Å². The van der Waals surface area contributed by atoms with Crippen LogP contribution in [0.15, 0.2) is 54.6 Å². The maximum atomic E-state index is 12.9. The molecule has 0 aliphatic carbocycles. The Bertz CT molecular complexity index is 1190. The van der Waals surface area contributed by atoms with Gasteiger partial charge in [0.25, 0.3) is 5.91 Å². The summed E-state index contributed by atoms with van der Waals surface area (Å²) in [5.41, 5.74) is 3.35. The molecular formula is C23H22ClN5O3. The van der Waals surface area contributed by atoms with Crippen molar-refractivity contribution in [2.24, 2.45) is 0 Å². The number of nitrogens with one attached hydrogen (secondary N) is 1. The van der Waals surface area contributed by atoms with Gasteiger partial charge < -0.3 is 5.32 Å². The second-order valence-electron chi connectivity index (χ2n) is 7.57. The average Bonchev–Trinajstić information content (AvgIpc) is 3.17. The normalized spacial score (nSPS) is 16.1. The Labute approximate surface area is 190 Å². The van der Waals surface area contributed by atoms with E-state index in [1.807, 2.05) is 37.3 Å². The predicted octanol–water partition coefficient (Wildman–Crippen LogP) is 3.94. The molecule has 2 aromatic carbocycles. The third kappa shape index (κ3) is 3.85. The lowest BCUT2D eigenvalue weighted by Crippen LogP contribution is -2.39. The first kappa shape index (κ1) is 21.6. The minimum absolute atomic E-state index is 0.387. The molecule has 0 spiro atoms. The van der Waals surface area contributed by atoms with Crippen molar-refractivity contribution in [3.05, 3.63) is 71.0 Å². The zero-order valence-corrected chi connectivity index (χ0v) is 18.6. The number of benzene rings is 2. The molecule has 1 atom stereocenters. The molecule has 4 amide bonds. The summed E-state index contributed by atoms with van der Waals surface area (Å²) in [6.45, 7) is 4.88. The molecule has 1 unspecified atom stereocenters. The van der Waals surface area contributed by atoms with E-state index in [0.29, 0.717) is 22.1 Å². The Morgan fingerprint density at radius 2 is 1.69 bits per heavy atom. The fourth-order valence-corrected chi connectivity index (χ4v) is 3.90. The summed E-state index contributed by atoms with van der Waals surface area (Å²) in [7, 11) is 0. The molecule has 1 N–H and O–H groups in total. The topological polar surface area (TPSA) is 87.5 Å². The minimum atomic E-state index is -0.722. The summed E-state index contributed by atoms with van der Waals surface area (Å²) >= 11 is 5.92. The second-order valence-corrected chi connectivity index (χ2v) is 8.01. The number of rotatable bonds is 5. The number of halogens is 1. The Kier molecular flexibility index (Phi) is 5.71. The molecule has 9 heteroatoms. The highest BCUT2D eigenvalue weighted by molar-refractivity contribution is 6.30. The number of imide groups is 1. The lowest BCUT2D eigenvalue weighted by molar-refractivity contribution is -0.130. The van der Waals surface area contributed by atoms with Crippen LogP contribution in [0.2, 0.25) is 5.02 Å². The Hall–Kier alpha value is -3.65. The minimum Gasteiger partial charge on any atom is -0.321 e. The summed E-state index contributed by atoms with van der Waals surface area (Å²) in [5.74, 6) is -0.913. The van der Waals surface area contributed by atoms with Crippen LogP contribution in [-0.2, 0) is 9.59 Å². The zero-order valence-electron chi connectivity index (χ0n) is 17.9. The van der Waals surface area contributed by atoms with Crippen LogP contribution < -0.4 is 10.2 Å². The molecule has 2 heterocycles. The monoisotopic (exact) mass is 451 g/mol. The Balaban J connectivity index is 1.51. The second kappa shape index (κ2) is 8.47. The number of aromatic nitrogens is 2. The van der Waals surface area contributed by atoms with Crippen molar-refractivity contribution in [1.82, 2.24) is 14.7 Å². The molecule has 3 aromatic rings. The SMILES string of the molecule is Cc1nn(-c2ccccc2)c(C)c1NC(=O)CN1C(=O)C(C)N(c2ccc(Cl)cc2)C1=O. The van der Waals surface area contributed by atoms with E-state index in [0.717, 1.165) is 16.3 Å². The van der Waals surface area contributed by atoms with E-state index >= 15 is 0 Å². The standard InChI is InChI=1S/C23H22ClN5O3/c1-14-21(15(2)29(26-14)19-7-5-4-6-8-19)25-20(30)13-27-22(31)16(3)28(23(27)32)18-11-9-17(24)10-12-18/h4-12,16H,13H2,1-3H3,(H,25,30). The molecule has 0 bridgehead atoms. The zero-order chi connectivity index (χ0) is 23.0. The number of nitrogens with zero attached hydrogens (tertiary/aromatic N) is 4. The van der Waals surface area contributed by atoms with Crippen molar-refractivity contribution in [3.63, 3.8) is 0 Å². The number of para-hydroxylation sites is 1. The van der Waals surface area contributed by atoms with Gasteiger partial charge in [-0.3, -0.25) is 19.4 Å². The molecule has 1 fully saturated rings. The first-order valence-corrected chi connectivity index (χ1v) is 10.5. The van der Waals surface area contributed by atoms with Gasteiger partial charge >= 0.3 is 6.03 Å². The third-order valence-electron chi connectivity index (χ3n) is 5.41. The van der Waals surface area contributed by atoms with Gasteiger partial charge in [-0.25, -0.2) is 9.48 Å². The van der Waals surface area contributed by atoms with Crippen LogP contribution in [0.4, 0.5) is 16.2 Å². The first-order valence-electron chi connectivity index (χ1n) is 10.1. The Morgan fingerprint density at radius 3 is 2.34 bits per heavy atom. The van der Waals surface area contributed by atoms with E-state index in [1.54, 1.807) is 42.8 Å². The number of amides is 4. The number of carbonyl (C=O) groups excluding carboxylic acids is 3. The van der Waals surface area contributed by atoms with Gasteiger partial charge in [0.15, 0.2) is 0 Å². The number of anilines is 2. The van der Waals surface area contributed by atoms with E-state index in [9.17, 15) is 14.4 Å². The first-order chi connectivity index (χ1) is 15.3. The van der Waals surface area contributed by atoms with Gasteiger partial charge in [-0.1, -0.05) is 29.8 Å². The van der Waals surface area contributed by atoms with Crippen LogP contribution in [0, 0.1) is 13.8 Å². The highest BCUT2D eigenvalue weighted by Gasteiger charge is 2.44. The smallest absolute Gasteiger partial charge is 0.321 e. The number of urea groups is 1. The van der Waals surface area contributed by atoms with Crippen LogP contribution in [0.3, 0.4) is 0 Å². The van der Waals surface area contributed by atoms with Gasteiger partial charge in [0.2, 0.25) is 5.91 Å². The quantitative estimate of drug-likeness (QED) is 0.595. The van der Waals surface area contributed by atoms with Crippen molar-refractivity contribution < 1.29 is 14.4 Å². The van der Waals surface area contributed by atoms with Crippen molar-refractivity contribution in [2.45, 2.75) is 26.8 Å². The maximum absolute atomic E-state index is 12.9.